The Morgan fingerprint density at radius 2 is 1.27 bits per heavy atom. The van der Waals surface area contributed by atoms with E-state index in [-0.39, 0.29) is 5.78 Å². The van der Waals surface area contributed by atoms with E-state index in [1.165, 1.54) is 104 Å². The second kappa shape index (κ2) is 20.2. The predicted molar refractivity (Wildman–Crippen MR) is 166 cm³/mol. The summed E-state index contributed by atoms with van der Waals surface area (Å²) in [6.07, 6.45) is 24.9. The number of allylic oxidation sites excluding steroid dienone is 1. The first-order valence-electron chi connectivity index (χ1n) is 15.2. The molecule has 1 nitrogen and oxygen atoms in total. The standard InChI is InChI=1S/C35H52OS/c1-4-7-8-9-10-11-12-13-14-15-16-17-28-37-34-25-22-32(23-26-34)35(36)27-24-31-21-20-30(18-5-2)29-33(31)19-6-3/h20-27,29H,4-19,28H2,1-3H3. The number of hydrogen-bond acceptors (Lipinski definition) is 2. The number of ketones is 1. The van der Waals surface area contributed by atoms with Crippen LogP contribution in [0.4, 0.5) is 0 Å². The molecule has 0 heterocycles. The Kier molecular flexibility index (Phi) is 17.2. The van der Waals surface area contributed by atoms with Gasteiger partial charge in [0, 0.05) is 10.5 Å². The molecule has 0 unspecified atom stereocenters. The van der Waals surface area contributed by atoms with Crippen LogP contribution >= 0.6 is 11.8 Å². The van der Waals surface area contributed by atoms with Crippen LogP contribution in [-0.4, -0.2) is 11.5 Å². The van der Waals surface area contributed by atoms with Gasteiger partial charge >= 0.3 is 0 Å². The molecule has 0 aromatic heterocycles. The lowest BCUT2D eigenvalue weighted by Gasteiger charge is -2.08. The minimum atomic E-state index is 0.0811. The Morgan fingerprint density at radius 3 is 1.86 bits per heavy atom. The van der Waals surface area contributed by atoms with E-state index in [1.54, 1.807) is 6.08 Å². The fourth-order valence-electron chi connectivity index (χ4n) is 4.86. The summed E-state index contributed by atoms with van der Waals surface area (Å²) in [4.78, 5) is 14.0. The number of carbonyl (C=O) groups excluding carboxylic acids is 1. The molecule has 0 radical (unpaired) electrons. The molecule has 204 valence electrons. The van der Waals surface area contributed by atoms with E-state index in [4.69, 9.17) is 0 Å². The van der Waals surface area contributed by atoms with Crippen LogP contribution in [0.15, 0.2) is 53.4 Å². The molecule has 2 rings (SSSR count). The van der Waals surface area contributed by atoms with Crippen LogP contribution in [0, 0.1) is 0 Å². The zero-order valence-corrected chi connectivity index (χ0v) is 24.8. The van der Waals surface area contributed by atoms with Gasteiger partial charge in [-0.1, -0.05) is 129 Å². The largest absolute Gasteiger partial charge is 0.289 e. The molecule has 0 spiro atoms. The highest BCUT2D eigenvalue weighted by atomic mass is 32.2. The number of hydrogen-bond donors (Lipinski definition) is 0. The van der Waals surface area contributed by atoms with Crippen LogP contribution in [0.2, 0.25) is 0 Å². The average molecular weight is 521 g/mol. The number of rotatable bonds is 21. The lowest BCUT2D eigenvalue weighted by atomic mass is 9.97. The van der Waals surface area contributed by atoms with E-state index >= 15 is 0 Å². The van der Waals surface area contributed by atoms with Gasteiger partial charge in [0.1, 0.15) is 0 Å². The molecule has 0 aliphatic rings. The Morgan fingerprint density at radius 1 is 0.676 bits per heavy atom. The first-order valence-corrected chi connectivity index (χ1v) is 16.2. The molecular formula is C35H52OS. The summed E-state index contributed by atoms with van der Waals surface area (Å²) < 4.78 is 0. The number of carbonyl (C=O) groups is 1. The van der Waals surface area contributed by atoms with Crippen LogP contribution < -0.4 is 0 Å². The first-order chi connectivity index (χ1) is 18.2. The SMILES string of the molecule is CCCCCCCCCCCCCCSc1ccc(C(=O)C=Cc2ccc(CCC)cc2CCC)cc1. The molecule has 0 bridgehead atoms. The van der Waals surface area contributed by atoms with Gasteiger partial charge in [-0.2, -0.15) is 0 Å². The minimum Gasteiger partial charge on any atom is -0.289 e. The van der Waals surface area contributed by atoms with Gasteiger partial charge in [0.25, 0.3) is 0 Å². The van der Waals surface area contributed by atoms with Crippen molar-refractivity contribution in [2.24, 2.45) is 0 Å². The monoisotopic (exact) mass is 520 g/mol. The summed E-state index contributed by atoms with van der Waals surface area (Å²) in [5.41, 5.74) is 4.68. The molecule has 0 saturated heterocycles. The molecule has 2 aromatic rings. The maximum absolute atomic E-state index is 12.8. The molecule has 2 heteroatoms. The van der Waals surface area contributed by atoms with Crippen molar-refractivity contribution in [2.75, 3.05) is 5.75 Å². The topological polar surface area (TPSA) is 17.1 Å². The molecule has 0 saturated carbocycles. The molecule has 0 aliphatic heterocycles. The number of aryl methyl sites for hydroxylation is 2. The Hall–Kier alpha value is -1.80. The molecule has 0 atom stereocenters. The summed E-state index contributed by atoms with van der Waals surface area (Å²) >= 11 is 1.92. The van der Waals surface area contributed by atoms with Gasteiger partial charge < -0.3 is 0 Å². The summed E-state index contributed by atoms with van der Waals surface area (Å²) in [6, 6.07) is 14.9. The third-order valence-corrected chi connectivity index (χ3v) is 8.18. The summed E-state index contributed by atoms with van der Waals surface area (Å²) in [5.74, 6) is 1.25. The molecule has 0 aliphatic carbocycles. The summed E-state index contributed by atoms with van der Waals surface area (Å²) in [5, 5.41) is 0. The van der Waals surface area contributed by atoms with Crippen molar-refractivity contribution in [3.05, 3.63) is 70.8 Å². The third kappa shape index (κ3) is 13.5. The summed E-state index contributed by atoms with van der Waals surface area (Å²) in [7, 11) is 0. The highest BCUT2D eigenvalue weighted by Crippen LogP contribution is 2.22. The first kappa shape index (κ1) is 31.4. The van der Waals surface area contributed by atoms with Crippen LogP contribution in [0.25, 0.3) is 6.08 Å². The molecule has 0 amide bonds. The van der Waals surface area contributed by atoms with Gasteiger partial charge in [-0.15, -0.1) is 11.8 Å². The van der Waals surface area contributed by atoms with E-state index in [0.29, 0.717) is 0 Å². The second-order valence-electron chi connectivity index (χ2n) is 10.5. The zero-order chi connectivity index (χ0) is 26.6. The predicted octanol–water partition coefficient (Wildman–Crippen LogP) is 11.3. The van der Waals surface area contributed by atoms with Crippen LogP contribution in [0.3, 0.4) is 0 Å². The van der Waals surface area contributed by atoms with E-state index in [0.717, 1.165) is 31.2 Å². The van der Waals surface area contributed by atoms with Crippen molar-refractivity contribution >= 4 is 23.6 Å². The minimum absolute atomic E-state index is 0.0811. The lowest BCUT2D eigenvalue weighted by Crippen LogP contribution is -1.96. The number of unbranched alkanes of at least 4 members (excludes halogenated alkanes) is 11. The van der Waals surface area contributed by atoms with E-state index in [2.05, 4.69) is 51.1 Å². The number of thioether (sulfide) groups is 1. The van der Waals surface area contributed by atoms with Crippen molar-refractivity contribution in [2.45, 2.75) is 128 Å². The van der Waals surface area contributed by atoms with Crippen molar-refractivity contribution in [3.8, 4) is 0 Å². The smallest absolute Gasteiger partial charge is 0.185 e. The lowest BCUT2D eigenvalue weighted by molar-refractivity contribution is 0.104. The zero-order valence-electron chi connectivity index (χ0n) is 24.0. The van der Waals surface area contributed by atoms with Crippen LogP contribution in [0.1, 0.15) is 138 Å². The maximum atomic E-state index is 12.8. The molecular weight excluding hydrogens is 468 g/mol. The van der Waals surface area contributed by atoms with Crippen LogP contribution in [-0.2, 0) is 12.8 Å². The normalized spacial score (nSPS) is 11.4. The Balaban J connectivity index is 1.65. The highest BCUT2D eigenvalue weighted by molar-refractivity contribution is 7.99. The molecule has 2 aromatic carbocycles. The van der Waals surface area contributed by atoms with Gasteiger partial charge in [0.2, 0.25) is 0 Å². The van der Waals surface area contributed by atoms with E-state index in [1.807, 2.05) is 30.0 Å². The molecule has 0 N–H and O–H groups in total. The fourth-order valence-corrected chi connectivity index (χ4v) is 5.77. The second-order valence-corrected chi connectivity index (χ2v) is 11.7. The van der Waals surface area contributed by atoms with Crippen molar-refractivity contribution in [1.29, 1.82) is 0 Å². The van der Waals surface area contributed by atoms with Gasteiger partial charge in [-0.05, 0) is 72.0 Å². The van der Waals surface area contributed by atoms with Gasteiger partial charge in [-0.25, -0.2) is 0 Å². The van der Waals surface area contributed by atoms with Gasteiger partial charge in [0.15, 0.2) is 5.78 Å². The van der Waals surface area contributed by atoms with Crippen LogP contribution in [0.5, 0.6) is 0 Å². The van der Waals surface area contributed by atoms with Gasteiger partial charge in [-0.3, -0.25) is 4.79 Å². The third-order valence-electron chi connectivity index (χ3n) is 7.09. The molecule has 0 fully saturated rings. The van der Waals surface area contributed by atoms with E-state index in [9.17, 15) is 4.79 Å². The van der Waals surface area contributed by atoms with E-state index < -0.39 is 0 Å². The Labute approximate surface area is 232 Å². The number of benzene rings is 2. The average Bonchev–Trinajstić information content (AvgIpc) is 2.91. The Bertz CT molecular complexity index is 896. The maximum Gasteiger partial charge on any atom is 0.185 e. The van der Waals surface area contributed by atoms with Gasteiger partial charge in [0.05, 0.1) is 0 Å². The van der Waals surface area contributed by atoms with Crippen molar-refractivity contribution in [3.63, 3.8) is 0 Å². The highest BCUT2D eigenvalue weighted by Gasteiger charge is 2.05. The van der Waals surface area contributed by atoms with Crippen molar-refractivity contribution < 1.29 is 4.79 Å². The molecule has 37 heavy (non-hydrogen) atoms. The quantitative estimate of drug-likeness (QED) is 0.0704. The fraction of sp³-hybridized carbons (Fsp3) is 0.571. The summed E-state index contributed by atoms with van der Waals surface area (Å²) in [6.45, 7) is 6.71. The van der Waals surface area contributed by atoms with Crippen molar-refractivity contribution in [1.82, 2.24) is 0 Å².